The Kier molecular flexibility index (Phi) is 7.69. The molecule has 2 atom stereocenters. The Bertz CT molecular complexity index is 1830. The van der Waals surface area contributed by atoms with Crippen LogP contribution in [0, 0.1) is 0 Å². The van der Waals surface area contributed by atoms with Gasteiger partial charge in [0.05, 0.1) is 10.9 Å². The molecule has 1 heterocycles. The smallest absolute Gasteiger partial charge is 0.407 e. The van der Waals surface area contributed by atoms with E-state index < -0.39 is 33.9 Å². The van der Waals surface area contributed by atoms with E-state index in [0.29, 0.717) is 11.1 Å². The Hall–Kier alpha value is -4.96. The van der Waals surface area contributed by atoms with E-state index in [1.165, 1.54) is 29.2 Å². The number of aliphatic carboxylic acids is 1. The Balaban J connectivity index is 1.19. The predicted molar refractivity (Wildman–Crippen MR) is 163 cm³/mol. The molecule has 4 aromatic rings. The highest BCUT2D eigenvalue weighted by atomic mass is 32.2. The maximum absolute atomic E-state index is 13.7. The van der Waals surface area contributed by atoms with E-state index in [-0.39, 0.29) is 42.0 Å². The largest absolute Gasteiger partial charge is 0.481 e. The molecule has 2 N–H and O–H groups in total. The van der Waals surface area contributed by atoms with Crippen LogP contribution >= 0.6 is 0 Å². The lowest BCUT2D eigenvalue weighted by Gasteiger charge is -2.41. The normalized spacial score (nSPS) is 17.4. The lowest BCUT2D eigenvalue weighted by molar-refractivity contribution is -0.140. The number of carboxylic acids is 1. The molecule has 1 aliphatic carbocycles. The lowest BCUT2D eigenvalue weighted by Crippen LogP contribution is -2.47. The maximum atomic E-state index is 13.7. The second-order valence-corrected chi connectivity index (χ2v) is 13.0. The van der Waals surface area contributed by atoms with Gasteiger partial charge in [-0.15, -0.1) is 0 Å². The van der Waals surface area contributed by atoms with Crippen LogP contribution in [0.25, 0.3) is 11.1 Å². The van der Waals surface area contributed by atoms with Crippen LogP contribution in [-0.2, 0) is 19.4 Å². The molecule has 0 bridgehead atoms. The number of amides is 2. The minimum Gasteiger partial charge on any atom is -0.481 e. The van der Waals surface area contributed by atoms with Gasteiger partial charge in [0.15, 0.2) is 9.84 Å². The number of fused-ring (bicyclic) bond motifs is 4. The summed E-state index contributed by atoms with van der Waals surface area (Å²) in [6.07, 6.45) is 0.435. The van der Waals surface area contributed by atoms with Crippen molar-refractivity contribution in [1.29, 1.82) is 0 Å². The summed E-state index contributed by atoms with van der Waals surface area (Å²) in [6.45, 7) is 0.140. The van der Waals surface area contributed by atoms with E-state index in [0.717, 1.165) is 28.5 Å². The van der Waals surface area contributed by atoms with Crippen LogP contribution in [0.4, 0.5) is 4.79 Å². The SMILES string of the molecule is CS(=O)(=O)c1ccc([C@H]2[C@H](C(=O)O)c3ccccc3C(=O)N2CCNC(=O)OCC2c3ccccc3-c3ccccc32)cc1. The zero-order valence-corrected chi connectivity index (χ0v) is 24.7. The van der Waals surface area contributed by atoms with Gasteiger partial charge in [0.2, 0.25) is 0 Å². The molecule has 10 heteroatoms. The number of carbonyl (C=O) groups excluding carboxylic acids is 2. The average Bonchev–Trinajstić information content (AvgIpc) is 3.34. The van der Waals surface area contributed by atoms with E-state index in [1.54, 1.807) is 24.3 Å². The molecule has 0 saturated heterocycles. The van der Waals surface area contributed by atoms with Crippen LogP contribution in [-0.4, -0.2) is 62.3 Å². The van der Waals surface area contributed by atoms with Gasteiger partial charge in [-0.05, 0) is 51.6 Å². The number of hydrogen-bond donors (Lipinski definition) is 2. The van der Waals surface area contributed by atoms with Gasteiger partial charge in [-0.3, -0.25) is 9.59 Å². The molecule has 0 unspecified atom stereocenters. The standard InChI is InChI=1S/C34H30N2O7S/c1-44(41,42)22-16-14-21(15-17-22)31-30(33(38)39)27-12-6-7-13-28(27)32(37)36(31)19-18-35-34(40)43-20-29-25-10-4-2-8-23(25)24-9-3-5-11-26(24)29/h2-17,29-31H,18-20H2,1H3,(H,35,40)(H,38,39)/t30-,31+/m1/s1. The number of nitrogens with one attached hydrogen (secondary N) is 1. The number of alkyl carbamates (subject to hydrolysis) is 1. The first-order chi connectivity index (χ1) is 21.1. The molecule has 4 aromatic carbocycles. The molecular weight excluding hydrogens is 580 g/mol. The van der Waals surface area contributed by atoms with Crippen molar-refractivity contribution in [1.82, 2.24) is 10.2 Å². The highest BCUT2D eigenvalue weighted by molar-refractivity contribution is 7.90. The van der Waals surface area contributed by atoms with Crippen molar-refractivity contribution in [2.75, 3.05) is 26.0 Å². The Labute approximate surface area is 255 Å². The van der Waals surface area contributed by atoms with Gasteiger partial charge in [-0.25, -0.2) is 13.2 Å². The molecule has 0 fully saturated rings. The molecule has 2 amide bonds. The van der Waals surface area contributed by atoms with Crippen molar-refractivity contribution in [3.8, 4) is 11.1 Å². The fourth-order valence-corrected chi connectivity index (χ4v) is 6.95. The molecular formula is C34H30N2O7S. The van der Waals surface area contributed by atoms with Crippen LogP contribution in [0.1, 0.15) is 50.5 Å². The molecule has 6 rings (SSSR count). The highest BCUT2D eigenvalue weighted by Crippen LogP contribution is 2.45. The molecule has 0 aromatic heterocycles. The van der Waals surface area contributed by atoms with Crippen molar-refractivity contribution in [2.45, 2.75) is 22.8 Å². The zero-order valence-electron chi connectivity index (χ0n) is 23.8. The van der Waals surface area contributed by atoms with Crippen molar-refractivity contribution in [2.24, 2.45) is 0 Å². The number of hydrogen-bond acceptors (Lipinski definition) is 6. The monoisotopic (exact) mass is 610 g/mol. The summed E-state index contributed by atoms with van der Waals surface area (Å²) in [6, 6.07) is 27.5. The van der Waals surface area contributed by atoms with Crippen LogP contribution in [0.15, 0.2) is 102 Å². The van der Waals surface area contributed by atoms with Gasteiger partial charge in [0.25, 0.3) is 5.91 Å². The summed E-state index contributed by atoms with van der Waals surface area (Å²) in [4.78, 5) is 40.6. The number of rotatable bonds is 8. The number of sulfone groups is 1. The topological polar surface area (TPSA) is 130 Å². The van der Waals surface area contributed by atoms with Crippen molar-refractivity contribution >= 4 is 27.8 Å². The van der Waals surface area contributed by atoms with Crippen molar-refractivity contribution in [3.63, 3.8) is 0 Å². The van der Waals surface area contributed by atoms with E-state index in [2.05, 4.69) is 17.4 Å². The summed E-state index contributed by atoms with van der Waals surface area (Å²) in [5.41, 5.74) is 5.52. The first kappa shape index (κ1) is 29.1. The molecule has 44 heavy (non-hydrogen) atoms. The highest BCUT2D eigenvalue weighted by Gasteiger charge is 2.44. The minimum absolute atomic E-state index is 0.000360. The quantitative estimate of drug-likeness (QED) is 0.287. The molecule has 224 valence electrons. The average molecular weight is 611 g/mol. The first-order valence-corrected chi connectivity index (χ1v) is 16.1. The second kappa shape index (κ2) is 11.6. The summed E-state index contributed by atoms with van der Waals surface area (Å²) in [5, 5.41) is 13.0. The van der Waals surface area contributed by atoms with Gasteiger partial charge in [-0.2, -0.15) is 0 Å². The van der Waals surface area contributed by atoms with E-state index in [9.17, 15) is 27.9 Å². The lowest BCUT2D eigenvalue weighted by atomic mass is 9.80. The molecule has 0 radical (unpaired) electrons. The third-order valence-corrected chi connectivity index (χ3v) is 9.45. The molecule has 0 spiro atoms. The number of ether oxygens (including phenoxy) is 1. The summed E-state index contributed by atoms with van der Waals surface area (Å²) >= 11 is 0. The van der Waals surface area contributed by atoms with Gasteiger partial charge in [-0.1, -0.05) is 78.9 Å². The van der Waals surface area contributed by atoms with E-state index in [1.807, 2.05) is 36.4 Å². The number of nitrogens with zero attached hydrogens (tertiary/aromatic N) is 1. The first-order valence-electron chi connectivity index (χ1n) is 14.2. The van der Waals surface area contributed by atoms with Gasteiger partial charge in [0.1, 0.15) is 12.5 Å². The van der Waals surface area contributed by atoms with E-state index >= 15 is 0 Å². The number of benzene rings is 4. The minimum atomic E-state index is -3.48. The molecule has 9 nitrogen and oxygen atoms in total. The summed E-state index contributed by atoms with van der Waals surface area (Å²) < 4.78 is 29.7. The Morgan fingerprint density at radius 3 is 1.93 bits per heavy atom. The predicted octanol–water partition coefficient (Wildman–Crippen LogP) is 4.99. The third-order valence-electron chi connectivity index (χ3n) is 8.32. The Morgan fingerprint density at radius 2 is 1.36 bits per heavy atom. The zero-order chi connectivity index (χ0) is 31.0. The van der Waals surface area contributed by atoms with Gasteiger partial charge < -0.3 is 20.1 Å². The second-order valence-electron chi connectivity index (χ2n) is 10.9. The third kappa shape index (κ3) is 5.33. The molecule has 2 aliphatic rings. The van der Waals surface area contributed by atoms with Gasteiger partial charge >= 0.3 is 12.1 Å². The number of carboxylic acid groups (broad SMARTS) is 1. The van der Waals surface area contributed by atoms with E-state index in [4.69, 9.17) is 4.74 Å². The van der Waals surface area contributed by atoms with Crippen LogP contribution < -0.4 is 5.32 Å². The number of carbonyl (C=O) groups is 3. The Morgan fingerprint density at radius 1 is 0.818 bits per heavy atom. The fourth-order valence-electron chi connectivity index (χ4n) is 6.32. The van der Waals surface area contributed by atoms with Gasteiger partial charge in [0, 0.05) is 30.8 Å². The fraction of sp³-hybridized carbons (Fsp3) is 0.206. The van der Waals surface area contributed by atoms with Crippen LogP contribution in [0.3, 0.4) is 0 Å². The summed E-state index contributed by atoms with van der Waals surface area (Å²) in [7, 11) is -3.48. The summed E-state index contributed by atoms with van der Waals surface area (Å²) in [5.74, 6) is -2.73. The van der Waals surface area contributed by atoms with Crippen LogP contribution in [0.2, 0.25) is 0 Å². The van der Waals surface area contributed by atoms with Crippen molar-refractivity contribution in [3.05, 3.63) is 125 Å². The van der Waals surface area contributed by atoms with Crippen LogP contribution in [0.5, 0.6) is 0 Å². The van der Waals surface area contributed by atoms with Crippen molar-refractivity contribution < 1.29 is 32.6 Å². The molecule has 1 aliphatic heterocycles. The molecule has 0 saturated carbocycles. The maximum Gasteiger partial charge on any atom is 0.407 e.